The lowest BCUT2D eigenvalue weighted by Gasteiger charge is -2.22. The number of pyridine rings is 1. The zero-order valence-corrected chi connectivity index (χ0v) is 12.1. The van der Waals surface area contributed by atoms with E-state index in [1.54, 1.807) is 36.7 Å². The third-order valence-corrected chi connectivity index (χ3v) is 4.27. The van der Waals surface area contributed by atoms with Gasteiger partial charge < -0.3 is 9.47 Å². The second-order valence-corrected chi connectivity index (χ2v) is 5.91. The molecule has 0 atom stereocenters. The van der Waals surface area contributed by atoms with Gasteiger partial charge in [-0.25, -0.2) is 0 Å². The quantitative estimate of drug-likeness (QED) is 0.866. The molecule has 3 rings (SSSR count). The number of carbonyl (C=O) groups excluding carboxylic acids is 1. The fourth-order valence-corrected chi connectivity index (χ4v) is 2.91. The zero-order chi connectivity index (χ0) is 14.1. The summed E-state index contributed by atoms with van der Waals surface area (Å²) in [6.45, 7) is 0.588. The summed E-state index contributed by atoms with van der Waals surface area (Å²) in [6.07, 6.45) is 3.73. The van der Waals surface area contributed by atoms with Gasteiger partial charge in [-0.2, -0.15) is 11.3 Å². The van der Waals surface area contributed by atoms with Crippen LogP contribution in [0.1, 0.15) is 28.8 Å². The lowest BCUT2D eigenvalue weighted by Crippen LogP contribution is -2.37. The Balaban J connectivity index is 1.89. The monoisotopic (exact) mass is 288 g/mol. The topological polar surface area (TPSA) is 42.3 Å². The highest BCUT2D eigenvalue weighted by Gasteiger charge is 2.34. The van der Waals surface area contributed by atoms with E-state index < -0.39 is 0 Å². The summed E-state index contributed by atoms with van der Waals surface area (Å²) in [5.41, 5.74) is 1.16. The summed E-state index contributed by atoms with van der Waals surface area (Å²) in [4.78, 5) is 26.6. The molecule has 1 aliphatic rings. The van der Waals surface area contributed by atoms with Crippen molar-refractivity contribution < 1.29 is 4.79 Å². The summed E-state index contributed by atoms with van der Waals surface area (Å²) in [6, 6.07) is 5.67. The maximum Gasteiger partial charge on any atom is 0.263 e. The Bertz CT molecular complexity index is 671. The fraction of sp³-hybridized carbons (Fsp3) is 0.333. The van der Waals surface area contributed by atoms with Crippen LogP contribution >= 0.6 is 11.3 Å². The number of thiophene rings is 1. The highest BCUT2D eigenvalue weighted by atomic mass is 32.1. The van der Waals surface area contributed by atoms with Crippen LogP contribution < -0.4 is 5.56 Å². The number of nitrogens with zero attached hydrogens (tertiary/aromatic N) is 2. The van der Waals surface area contributed by atoms with Crippen molar-refractivity contribution in [3.8, 4) is 0 Å². The van der Waals surface area contributed by atoms with Gasteiger partial charge >= 0.3 is 0 Å². The third kappa shape index (κ3) is 2.54. The Morgan fingerprint density at radius 2 is 2.25 bits per heavy atom. The highest BCUT2D eigenvalue weighted by molar-refractivity contribution is 7.07. The molecule has 0 unspecified atom stereocenters. The first kappa shape index (κ1) is 13.1. The van der Waals surface area contributed by atoms with E-state index in [4.69, 9.17) is 0 Å². The van der Waals surface area contributed by atoms with E-state index in [1.807, 2.05) is 21.7 Å². The van der Waals surface area contributed by atoms with Gasteiger partial charge in [-0.15, -0.1) is 0 Å². The molecule has 1 fully saturated rings. The number of aromatic nitrogens is 1. The lowest BCUT2D eigenvalue weighted by atomic mass is 10.2. The van der Waals surface area contributed by atoms with Crippen molar-refractivity contribution in [3.63, 3.8) is 0 Å². The third-order valence-electron chi connectivity index (χ3n) is 3.54. The van der Waals surface area contributed by atoms with E-state index in [0.29, 0.717) is 6.54 Å². The van der Waals surface area contributed by atoms with E-state index in [0.717, 1.165) is 18.4 Å². The molecule has 2 heterocycles. The van der Waals surface area contributed by atoms with E-state index >= 15 is 0 Å². The van der Waals surface area contributed by atoms with Gasteiger partial charge in [0.1, 0.15) is 5.56 Å². The summed E-state index contributed by atoms with van der Waals surface area (Å²) >= 11 is 1.62. The molecule has 5 heteroatoms. The van der Waals surface area contributed by atoms with Crippen LogP contribution in [-0.2, 0) is 13.6 Å². The predicted molar refractivity (Wildman–Crippen MR) is 78.9 cm³/mol. The number of aryl methyl sites for hydroxylation is 1. The lowest BCUT2D eigenvalue weighted by molar-refractivity contribution is 0.0727. The average molecular weight is 288 g/mol. The molecular formula is C15H16N2O2S. The fourth-order valence-electron chi connectivity index (χ4n) is 2.25. The molecule has 0 N–H and O–H groups in total. The normalized spacial score (nSPS) is 14.2. The van der Waals surface area contributed by atoms with Gasteiger partial charge in [0.15, 0.2) is 0 Å². The van der Waals surface area contributed by atoms with Crippen molar-refractivity contribution in [2.24, 2.45) is 7.05 Å². The smallest absolute Gasteiger partial charge is 0.263 e. The molecule has 1 saturated carbocycles. The first-order valence-corrected chi connectivity index (χ1v) is 7.59. The van der Waals surface area contributed by atoms with Crippen molar-refractivity contribution in [3.05, 3.63) is 56.6 Å². The molecule has 0 aliphatic heterocycles. The summed E-state index contributed by atoms with van der Waals surface area (Å²) in [5, 5.41) is 4.05. The molecule has 104 valence electrons. The Morgan fingerprint density at radius 1 is 1.45 bits per heavy atom. The molecule has 0 radical (unpaired) electrons. The van der Waals surface area contributed by atoms with Gasteiger partial charge in [0.25, 0.3) is 11.5 Å². The molecular weight excluding hydrogens is 272 g/mol. The van der Waals surface area contributed by atoms with Gasteiger partial charge in [0.2, 0.25) is 0 Å². The zero-order valence-electron chi connectivity index (χ0n) is 11.3. The molecule has 0 aromatic carbocycles. The maximum absolute atomic E-state index is 12.6. The molecule has 20 heavy (non-hydrogen) atoms. The van der Waals surface area contributed by atoms with E-state index in [2.05, 4.69) is 0 Å². The van der Waals surface area contributed by atoms with Crippen LogP contribution in [0.15, 0.2) is 40.0 Å². The van der Waals surface area contributed by atoms with Gasteiger partial charge in [-0.05, 0) is 47.4 Å². The second-order valence-electron chi connectivity index (χ2n) is 5.13. The molecule has 0 spiro atoms. The van der Waals surface area contributed by atoms with Crippen molar-refractivity contribution in [2.45, 2.75) is 25.4 Å². The van der Waals surface area contributed by atoms with Crippen molar-refractivity contribution in [2.75, 3.05) is 0 Å². The largest absolute Gasteiger partial charge is 0.331 e. The van der Waals surface area contributed by atoms with E-state index in [1.165, 1.54) is 4.57 Å². The van der Waals surface area contributed by atoms with Crippen LogP contribution in [0, 0.1) is 0 Å². The minimum Gasteiger partial charge on any atom is -0.331 e. The summed E-state index contributed by atoms with van der Waals surface area (Å²) < 4.78 is 1.45. The SMILES string of the molecule is Cn1cccc(C(=O)N(Cc2ccsc2)C2CC2)c1=O. The molecule has 2 aromatic rings. The number of carbonyl (C=O) groups is 1. The first-order valence-electron chi connectivity index (χ1n) is 6.64. The molecule has 1 amide bonds. The molecule has 0 bridgehead atoms. The Hall–Kier alpha value is -1.88. The van der Waals surface area contributed by atoms with Crippen LogP contribution in [0.2, 0.25) is 0 Å². The molecule has 1 aliphatic carbocycles. The minimum absolute atomic E-state index is 0.153. The average Bonchev–Trinajstić information content (AvgIpc) is 3.15. The minimum atomic E-state index is -0.228. The van der Waals surface area contributed by atoms with E-state index in [9.17, 15) is 9.59 Å². The highest BCUT2D eigenvalue weighted by Crippen LogP contribution is 2.29. The Morgan fingerprint density at radius 3 is 2.90 bits per heavy atom. The Labute approximate surface area is 121 Å². The Kier molecular flexibility index (Phi) is 3.44. The maximum atomic E-state index is 12.6. The predicted octanol–water partition coefficient (Wildman–Crippen LogP) is 2.25. The van der Waals surface area contributed by atoms with Crippen molar-refractivity contribution in [1.29, 1.82) is 0 Å². The number of hydrogen-bond donors (Lipinski definition) is 0. The van der Waals surface area contributed by atoms with Gasteiger partial charge in [0, 0.05) is 25.8 Å². The molecule has 0 saturated heterocycles. The summed E-state index contributed by atoms with van der Waals surface area (Å²) in [7, 11) is 1.67. The van der Waals surface area contributed by atoms with Crippen molar-refractivity contribution >= 4 is 17.2 Å². The standard InChI is InChI=1S/C15H16N2O2S/c1-16-7-2-3-13(14(16)18)15(19)17(12-4-5-12)9-11-6-8-20-10-11/h2-3,6-8,10,12H,4-5,9H2,1H3. The number of hydrogen-bond acceptors (Lipinski definition) is 3. The number of amides is 1. The van der Waals surface area contributed by atoms with Crippen LogP contribution in [0.4, 0.5) is 0 Å². The molecule has 4 nitrogen and oxygen atoms in total. The van der Waals surface area contributed by atoms with Gasteiger partial charge in [-0.3, -0.25) is 9.59 Å². The van der Waals surface area contributed by atoms with Crippen LogP contribution in [0.3, 0.4) is 0 Å². The second kappa shape index (κ2) is 5.25. The van der Waals surface area contributed by atoms with Crippen LogP contribution in [0.25, 0.3) is 0 Å². The van der Waals surface area contributed by atoms with E-state index in [-0.39, 0.29) is 23.1 Å². The molecule has 2 aromatic heterocycles. The van der Waals surface area contributed by atoms with Crippen LogP contribution in [-0.4, -0.2) is 21.4 Å². The van der Waals surface area contributed by atoms with Gasteiger partial charge in [0.05, 0.1) is 0 Å². The first-order chi connectivity index (χ1) is 9.66. The summed E-state index contributed by atoms with van der Waals surface area (Å²) in [5.74, 6) is -0.153. The van der Waals surface area contributed by atoms with Crippen LogP contribution in [0.5, 0.6) is 0 Å². The number of rotatable bonds is 4. The van der Waals surface area contributed by atoms with Crippen molar-refractivity contribution in [1.82, 2.24) is 9.47 Å². The van der Waals surface area contributed by atoms with Gasteiger partial charge in [-0.1, -0.05) is 0 Å².